The first kappa shape index (κ1) is 37.3. The third-order valence-corrected chi connectivity index (χ3v) is 9.92. The molecule has 46 heavy (non-hydrogen) atoms. The molecule has 3 aromatic carbocycles. The highest BCUT2D eigenvalue weighted by Crippen LogP contribution is 2.51. The van der Waals surface area contributed by atoms with Crippen LogP contribution < -0.4 is 4.90 Å². The molecule has 0 saturated carbocycles. The van der Waals surface area contributed by atoms with Crippen LogP contribution in [0.15, 0.2) is 78.6 Å². The van der Waals surface area contributed by atoms with Crippen LogP contribution in [-0.2, 0) is 13.5 Å². The second kappa shape index (κ2) is 16.6. The van der Waals surface area contributed by atoms with Crippen molar-refractivity contribution in [3.8, 4) is 0 Å². The van der Waals surface area contributed by atoms with E-state index in [0.717, 1.165) is 73.7 Å². The third-order valence-electron chi connectivity index (χ3n) is 9.92. The van der Waals surface area contributed by atoms with Gasteiger partial charge in [-0.05, 0) is 99.1 Å². The number of unbranched alkanes of at least 4 members (excludes halogenated alkanes) is 2. The van der Waals surface area contributed by atoms with Crippen LogP contribution in [0, 0.1) is 17.3 Å². The minimum Gasteiger partial charge on any atom is -0.465 e. The van der Waals surface area contributed by atoms with Crippen LogP contribution in [0.3, 0.4) is 0 Å². The fourth-order valence-electron chi connectivity index (χ4n) is 7.21. The molecule has 2 atom stereocenters. The maximum absolute atomic E-state index is 16.1. The molecule has 0 bridgehead atoms. The quantitative estimate of drug-likeness (QED) is 0.144. The van der Waals surface area contributed by atoms with Crippen molar-refractivity contribution in [2.45, 2.75) is 58.8 Å². The minimum absolute atomic E-state index is 0. The zero-order valence-electron chi connectivity index (χ0n) is 27.5. The first-order chi connectivity index (χ1) is 21.2. The van der Waals surface area contributed by atoms with E-state index in [1.807, 2.05) is 62.4 Å². The molecule has 1 amide bonds. The number of imidazole rings is 1. The summed E-state index contributed by atoms with van der Waals surface area (Å²) in [5.74, 6) is 0.977. The molecule has 5 rings (SSSR count). The second-order valence-electron chi connectivity index (χ2n) is 12.9. The number of hydrogen-bond donors (Lipinski definition) is 1. The van der Waals surface area contributed by atoms with Gasteiger partial charge in [-0.3, -0.25) is 4.90 Å². The van der Waals surface area contributed by atoms with Crippen LogP contribution >= 0.6 is 24.8 Å². The van der Waals surface area contributed by atoms with E-state index in [4.69, 9.17) is 4.98 Å². The Morgan fingerprint density at radius 3 is 2.46 bits per heavy atom. The minimum atomic E-state index is -1.05. The van der Waals surface area contributed by atoms with Crippen molar-refractivity contribution in [1.29, 1.82) is 0 Å². The summed E-state index contributed by atoms with van der Waals surface area (Å²) in [6.07, 6.45) is 7.34. The molecular weight excluding hydrogens is 622 g/mol. The molecule has 6 nitrogen and oxygen atoms in total. The van der Waals surface area contributed by atoms with Gasteiger partial charge in [-0.15, -0.1) is 24.8 Å². The van der Waals surface area contributed by atoms with Crippen molar-refractivity contribution in [1.82, 2.24) is 14.5 Å². The van der Waals surface area contributed by atoms with Crippen LogP contribution in [0.4, 0.5) is 14.9 Å². The zero-order valence-corrected chi connectivity index (χ0v) is 29.1. The molecule has 0 radical (unpaired) electrons. The van der Waals surface area contributed by atoms with Crippen molar-refractivity contribution >= 4 is 58.4 Å². The number of aryl methyl sites for hydroxylation is 2. The number of halogens is 3. The van der Waals surface area contributed by atoms with E-state index >= 15 is 4.39 Å². The number of benzene rings is 3. The molecule has 1 aromatic heterocycles. The highest BCUT2D eigenvalue weighted by atomic mass is 35.5. The number of carboxylic acid groups (broad SMARTS) is 1. The van der Waals surface area contributed by atoms with Crippen LogP contribution in [0.25, 0.3) is 21.8 Å². The number of para-hydroxylation sites is 2. The number of hydrogen-bond acceptors (Lipinski definition) is 3. The molecule has 1 heterocycles. The van der Waals surface area contributed by atoms with E-state index in [1.54, 1.807) is 6.08 Å². The fourth-order valence-corrected chi connectivity index (χ4v) is 7.21. The monoisotopic (exact) mass is 670 g/mol. The van der Waals surface area contributed by atoms with Gasteiger partial charge < -0.3 is 14.6 Å². The summed E-state index contributed by atoms with van der Waals surface area (Å²) < 4.78 is 18.3. The number of aromatic nitrogens is 2. The Hall–Kier alpha value is -3.13. The highest BCUT2D eigenvalue weighted by molar-refractivity contribution is 5.92. The normalized spacial score (nSPS) is 18.0. The van der Waals surface area contributed by atoms with Crippen molar-refractivity contribution in [2.75, 3.05) is 31.6 Å². The molecular formula is C37H49Cl2FN4O2. The second-order valence-corrected chi connectivity index (χ2v) is 12.9. The number of carbonyl (C=O) groups is 1. The zero-order chi connectivity index (χ0) is 31.3. The smallest absolute Gasteiger partial charge is 0.411 e. The largest absolute Gasteiger partial charge is 0.465 e. The fraction of sp³-hybridized carbons (Fsp3) is 0.459. The average Bonchev–Trinajstić information content (AvgIpc) is 3.33. The van der Waals surface area contributed by atoms with Gasteiger partial charge in [-0.25, -0.2) is 14.2 Å². The first-order valence-electron chi connectivity index (χ1n) is 16.1. The van der Waals surface area contributed by atoms with Crippen LogP contribution in [0.5, 0.6) is 0 Å². The summed E-state index contributed by atoms with van der Waals surface area (Å²) in [4.78, 5) is 21.2. The van der Waals surface area contributed by atoms with Gasteiger partial charge in [0, 0.05) is 31.1 Å². The average molecular weight is 672 g/mol. The number of anilines is 1. The summed E-state index contributed by atoms with van der Waals surface area (Å²) in [7, 11) is 4.24. The molecule has 9 heteroatoms. The number of amides is 1. The molecule has 250 valence electrons. The summed E-state index contributed by atoms with van der Waals surface area (Å²) in [6, 6.07) is 21.9. The maximum atomic E-state index is 16.1. The van der Waals surface area contributed by atoms with Gasteiger partial charge in [0.05, 0.1) is 11.0 Å². The Kier molecular flexibility index (Phi) is 13.5. The number of nitrogens with zero attached hydrogens (tertiary/aromatic N) is 4. The van der Waals surface area contributed by atoms with Gasteiger partial charge in [-0.1, -0.05) is 68.8 Å². The van der Waals surface area contributed by atoms with Crippen LogP contribution in [0.2, 0.25) is 0 Å². The Balaban J connectivity index is 0.00000288. The number of allylic oxidation sites excluding steroid dienone is 1. The van der Waals surface area contributed by atoms with E-state index in [-0.39, 0.29) is 49.0 Å². The Morgan fingerprint density at radius 1 is 1.02 bits per heavy atom. The van der Waals surface area contributed by atoms with Gasteiger partial charge >= 0.3 is 6.09 Å². The van der Waals surface area contributed by atoms with Crippen molar-refractivity contribution in [3.63, 3.8) is 0 Å². The predicted molar refractivity (Wildman–Crippen MR) is 193 cm³/mol. The number of rotatable bonds is 13. The summed E-state index contributed by atoms with van der Waals surface area (Å²) in [5.41, 5.74) is 1.95. The predicted octanol–water partition coefficient (Wildman–Crippen LogP) is 9.70. The molecule has 1 aliphatic carbocycles. The highest BCUT2D eigenvalue weighted by Gasteiger charge is 2.49. The standard InChI is InChI=1S/C37H47FN4O2.2ClH/c1-27(2)37(26-42(36(43)44)31-21-20-28-13-7-8-14-29(28)25-31)30(15-12-18-34(37)38)22-24-40(3)23-11-5-6-19-35-39-32-16-9-10-17-33(32)41(35)4;;/h7-10,13-14,16-18,20-21,25,27,30H,5-6,11-12,15,19,22-24,26H2,1-4H3,(H,43,44);2*1H/t30-,37-;;/m0../s1. The van der Waals surface area contributed by atoms with Crippen LogP contribution in [0.1, 0.15) is 58.2 Å². The van der Waals surface area contributed by atoms with Gasteiger partial charge in [-0.2, -0.15) is 0 Å². The Morgan fingerprint density at radius 2 is 1.74 bits per heavy atom. The van der Waals surface area contributed by atoms with E-state index in [2.05, 4.69) is 41.8 Å². The first-order valence-corrected chi connectivity index (χ1v) is 16.1. The van der Waals surface area contributed by atoms with Gasteiger partial charge in [0.1, 0.15) is 11.7 Å². The van der Waals surface area contributed by atoms with E-state index < -0.39 is 11.5 Å². The number of fused-ring (bicyclic) bond motifs is 2. The van der Waals surface area contributed by atoms with Crippen molar-refractivity contribution < 1.29 is 14.3 Å². The molecule has 0 aliphatic heterocycles. The Labute approximate surface area is 285 Å². The lowest BCUT2D eigenvalue weighted by atomic mass is 9.61. The van der Waals surface area contributed by atoms with Gasteiger partial charge in [0.15, 0.2) is 0 Å². The lowest BCUT2D eigenvalue weighted by molar-refractivity contribution is 0.0773. The van der Waals surface area contributed by atoms with E-state index in [9.17, 15) is 9.90 Å². The summed E-state index contributed by atoms with van der Waals surface area (Å²) >= 11 is 0. The summed E-state index contributed by atoms with van der Waals surface area (Å²) in [6.45, 7) is 6.04. The Bertz CT molecular complexity index is 1620. The lowest BCUT2D eigenvalue weighted by Gasteiger charge is -2.47. The maximum Gasteiger partial charge on any atom is 0.411 e. The lowest BCUT2D eigenvalue weighted by Crippen LogP contribution is -2.50. The molecule has 0 unspecified atom stereocenters. The van der Waals surface area contributed by atoms with Gasteiger partial charge in [0.2, 0.25) is 0 Å². The molecule has 4 aromatic rings. The molecule has 0 spiro atoms. The van der Waals surface area contributed by atoms with Crippen LogP contribution in [-0.4, -0.2) is 52.3 Å². The van der Waals surface area contributed by atoms with Crippen molar-refractivity contribution in [3.05, 3.63) is 84.5 Å². The van der Waals surface area contributed by atoms with Gasteiger partial charge in [0.25, 0.3) is 0 Å². The molecule has 0 saturated heterocycles. The molecule has 1 N–H and O–H groups in total. The molecule has 0 fully saturated rings. The topological polar surface area (TPSA) is 61.6 Å². The van der Waals surface area contributed by atoms with E-state index in [1.165, 1.54) is 10.4 Å². The molecule has 1 aliphatic rings. The SMILES string of the molecule is CC(C)[C@]1(CN(C(=O)O)c2ccc3ccccc3c2)C(F)=CCC[C@H]1CCN(C)CCCCCc1nc2ccccc2n1C.Cl.Cl. The van der Waals surface area contributed by atoms with Crippen molar-refractivity contribution in [2.24, 2.45) is 24.3 Å². The third kappa shape index (κ3) is 8.04. The van der Waals surface area contributed by atoms with E-state index in [0.29, 0.717) is 12.1 Å². The summed E-state index contributed by atoms with van der Waals surface area (Å²) in [5, 5.41) is 12.4.